The molecule has 3 heteroatoms. The van der Waals surface area contributed by atoms with Gasteiger partial charge in [0.1, 0.15) is 5.82 Å². The SMILES string of the molecule is CSc1c(C)cc(N2CCCCC2)n1C. The summed E-state index contributed by atoms with van der Waals surface area (Å²) in [4.78, 5) is 2.52. The summed E-state index contributed by atoms with van der Waals surface area (Å²) in [7, 11) is 2.18. The van der Waals surface area contributed by atoms with Gasteiger partial charge >= 0.3 is 0 Å². The van der Waals surface area contributed by atoms with E-state index in [0.29, 0.717) is 0 Å². The molecule has 2 nitrogen and oxygen atoms in total. The quantitative estimate of drug-likeness (QED) is 0.713. The van der Waals surface area contributed by atoms with Crippen molar-refractivity contribution in [3.8, 4) is 0 Å². The van der Waals surface area contributed by atoms with Crippen molar-refractivity contribution >= 4 is 17.6 Å². The number of anilines is 1. The van der Waals surface area contributed by atoms with Crippen LogP contribution in [0.3, 0.4) is 0 Å². The lowest BCUT2D eigenvalue weighted by molar-refractivity contribution is 0.564. The molecule has 0 unspecified atom stereocenters. The molecule has 2 rings (SSSR count). The average molecular weight is 224 g/mol. The van der Waals surface area contributed by atoms with Crippen molar-refractivity contribution in [2.45, 2.75) is 31.2 Å². The van der Waals surface area contributed by atoms with Crippen molar-refractivity contribution in [3.63, 3.8) is 0 Å². The molecule has 1 saturated heterocycles. The Morgan fingerprint density at radius 2 is 1.87 bits per heavy atom. The van der Waals surface area contributed by atoms with Crippen LogP contribution in [-0.2, 0) is 7.05 Å². The Balaban J connectivity index is 2.27. The maximum absolute atomic E-state index is 2.52. The van der Waals surface area contributed by atoms with E-state index >= 15 is 0 Å². The van der Waals surface area contributed by atoms with E-state index < -0.39 is 0 Å². The fraction of sp³-hybridized carbons (Fsp3) is 0.667. The van der Waals surface area contributed by atoms with Gasteiger partial charge in [-0.25, -0.2) is 0 Å². The summed E-state index contributed by atoms with van der Waals surface area (Å²) in [5, 5.41) is 1.40. The maximum atomic E-state index is 2.52. The standard InChI is InChI=1S/C12H20N2S/c1-10-9-11(13(2)12(10)15-3)14-7-5-4-6-8-14/h9H,4-8H2,1-3H3. The smallest absolute Gasteiger partial charge is 0.109 e. The number of hydrogen-bond donors (Lipinski definition) is 0. The summed E-state index contributed by atoms with van der Waals surface area (Å²) in [5.74, 6) is 1.40. The van der Waals surface area contributed by atoms with E-state index in [-0.39, 0.29) is 0 Å². The van der Waals surface area contributed by atoms with Gasteiger partial charge in [-0.15, -0.1) is 11.8 Å². The van der Waals surface area contributed by atoms with Gasteiger partial charge in [0.05, 0.1) is 5.03 Å². The number of nitrogens with zero attached hydrogens (tertiary/aromatic N) is 2. The topological polar surface area (TPSA) is 8.17 Å². The van der Waals surface area contributed by atoms with E-state index in [9.17, 15) is 0 Å². The second-order valence-corrected chi connectivity index (χ2v) is 5.10. The number of rotatable bonds is 2. The van der Waals surface area contributed by atoms with E-state index in [1.807, 2.05) is 11.8 Å². The zero-order valence-corrected chi connectivity index (χ0v) is 10.7. The lowest BCUT2D eigenvalue weighted by Gasteiger charge is -2.29. The van der Waals surface area contributed by atoms with Crippen LogP contribution in [0.2, 0.25) is 0 Å². The number of aryl methyl sites for hydroxylation is 1. The molecule has 0 atom stereocenters. The summed E-state index contributed by atoms with van der Waals surface area (Å²) >= 11 is 1.84. The molecule has 15 heavy (non-hydrogen) atoms. The number of hydrogen-bond acceptors (Lipinski definition) is 2. The highest BCUT2D eigenvalue weighted by atomic mass is 32.2. The Hall–Kier alpha value is -0.570. The van der Waals surface area contributed by atoms with Crippen LogP contribution < -0.4 is 4.90 Å². The number of thioether (sulfide) groups is 1. The number of aromatic nitrogens is 1. The third kappa shape index (κ3) is 2.03. The van der Waals surface area contributed by atoms with E-state index in [2.05, 4.69) is 35.8 Å². The van der Waals surface area contributed by atoms with Crippen molar-refractivity contribution in [3.05, 3.63) is 11.6 Å². The highest BCUT2D eigenvalue weighted by molar-refractivity contribution is 7.98. The summed E-state index contributed by atoms with van der Waals surface area (Å²) in [6.07, 6.45) is 6.25. The summed E-state index contributed by atoms with van der Waals surface area (Å²) in [6, 6.07) is 2.33. The molecule has 0 radical (unpaired) electrons. The van der Waals surface area contributed by atoms with Gasteiger partial charge in [0.25, 0.3) is 0 Å². The van der Waals surface area contributed by atoms with E-state index in [1.165, 1.54) is 48.8 Å². The molecule has 0 aliphatic carbocycles. The zero-order valence-electron chi connectivity index (χ0n) is 9.92. The zero-order chi connectivity index (χ0) is 10.8. The van der Waals surface area contributed by atoms with Gasteiger partial charge in [0.15, 0.2) is 0 Å². The highest BCUT2D eigenvalue weighted by Gasteiger charge is 2.16. The first-order valence-corrected chi connectivity index (χ1v) is 6.91. The van der Waals surface area contributed by atoms with Gasteiger partial charge in [-0.2, -0.15) is 0 Å². The van der Waals surface area contributed by atoms with Crippen molar-refractivity contribution in [2.75, 3.05) is 24.2 Å². The summed E-state index contributed by atoms with van der Waals surface area (Å²) in [6.45, 7) is 4.66. The Morgan fingerprint density at radius 1 is 1.20 bits per heavy atom. The molecule has 1 aromatic heterocycles. The van der Waals surface area contributed by atoms with E-state index in [1.54, 1.807) is 0 Å². The Kier molecular flexibility index (Phi) is 3.29. The molecule has 0 N–H and O–H groups in total. The molecular formula is C12H20N2S. The average Bonchev–Trinajstić information content (AvgIpc) is 2.55. The van der Waals surface area contributed by atoms with Crippen LogP contribution in [0.4, 0.5) is 5.82 Å². The van der Waals surface area contributed by atoms with Crippen LogP contribution in [-0.4, -0.2) is 23.9 Å². The van der Waals surface area contributed by atoms with Crippen LogP contribution in [0.15, 0.2) is 11.1 Å². The minimum Gasteiger partial charge on any atom is -0.358 e. The molecule has 1 aromatic rings. The van der Waals surface area contributed by atoms with Crippen LogP contribution in [0, 0.1) is 6.92 Å². The molecule has 84 valence electrons. The molecule has 0 saturated carbocycles. The lowest BCUT2D eigenvalue weighted by atomic mass is 10.1. The molecule has 0 aromatic carbocycles. The Morgan fingerprint density at radius 3 is 2.40 bits per heavy atom. The minimum absolute atomic E-state index is 1.23. The van der Waals surface area contributed by atoms with Gasteiger partial charge in [-0.3, -0.25) is 0 Å². The van der Waals surface area contributed by atoms with E-state index in [0.717, 1.165) is 0 Å². The van der Waals surface area contributed by atoms with Gasteiger partial charge in [-0.1, -0.05) is 0 Å². The Bertz CT molecular complexity index is 338. The first-order chi connectivity index (χ1) is 7.24. The predicted molar refractivity (Wildman–Crippen MR) is 68.0 cm³/mol. The van der Waals surface area contributed by atoms with Crippen LogP contribution in [0.1, 0.15) is 24.8 Å². The summed E-state index contributed by atoms with van der Waals surface area (Å²) < 4.78 is 2.34. The van der Waals surface area contributed by atoms with Crippen LogP contribution in [0.25, 0.3) is 0 Å². The van der Waals surface area contributed by atoms with Gasteiger partial charge < -0.3 is 9.47 Å². The highest BCUT2D eigenvalue weighted by Crippen LogP contribution is 2.29. The van der Waals surface area contributed by atoms with E-state index in [4.69, 9.17) is 0 Å². The van der Waals surface area contributed by atoms with Gasteiger partial charge in [0, 0.05) is 20.1 Å². The molecule has 0 bridgehead atoms. The van der Waals surface area contributed by atoms with Crippen molar-refractivity contribution in [1.82, 2.24) is 4.57 Å². The maximum Gasteiger partial charge on any atom is 0.109 e. The molecule has 1 aliphatic rings. The minimum atomic E-state index is 1.23. The van der Waals surface area contributed by atoms with Crippen LogP contribution in [0.5, 0.6) is 0 Å². The van der Waals surface area contributed by atoms with Gasteiger partial charge in [0.2, 0.25) is 0 Å². The van der Waals surface area contributed by atoms with Crippen molar-refractivity contribution in [1.29, 1.82) is 0 Å². The molecule has 0 amide bonds. The third-order valence-electron chi connectivity index (χ3n) is 3.20. The summed E-state index contributed by atoms with van der Waals surface area (Å²) in [5.41, 5.74) is 1.41. The molecule has 1 aliphatic heterocycles. The predicted octanol–water partition coefficient (Wildman–Crippen LogP) is 3.05. The molecule has 0 spiro atoms. The third-order valence-corrected chi connectivity index (χ3v) is 4.19. The first-order valence-electron chi connectivity index (χ1n) is 5.69. The van der Waals surface area contributed by atoms with Crippen molar-refractivity contribution in [2.24, 2.45) is 7.05 Å². The first kappa shape index (κ1) is 10.9. The van der Waals surface area contributed by atoms with Crippen molar-refractivity contribution < 1.29 is 0 Å². The largest absolute Gasteiger partial charge is 0.358 e. The monoisotopic (exact) mass is 224 g/mol. The second kappa shape index (κ2) is 4.52. The molecule has 2 heterocycles. The second-order valence-electron chi connectivity index (χ2n) is 4.30. The molecular weight excluding hydrogens is 204 g/mol. The number of piperidine rings is 1. The fourth-order valence-corrected chi connectivity index (χ4v) is 3.19. The molecule has 1 fully saturated rings. The van der Waals surface area contributed by atoms with Gasteiger partial charge in [-0.05, 0) is 44.1 Å². The fourth-order valence-electron chi connectivity index (χ4n) is 2.45. The normalized spacial score (nSPS) is 17.1. The Labute approximate surface area is 96.6 Å². The lowest BCUT2D eigenvalue weighted by Crippen LogP contribution is -2.30. The van der Waals surface area contributed by atoms with Crippen LogP contribution >= 0.6 is 11.8 Å².